The number of benzene rings is 3. The van der Waals surface area contributed by atoms with Gasteiger partial charge in [0.05, 0.1) is 27.0 Å². The Morgan fingerprint density at radius 2 is 1.46 bits per heavy atom. The smallest absolute Gasteiger partial charge is 0.343 e. The molecule has 0 aliphatic heterocycles. The van der Waals surface area contributed by atoms with Gasteiger partial charge in [-0.1, -0.05) is 6.07 Å². The van der Waals surface area contributed by atoms with Gasteiger partial charge in [-0.15, -0.1) is 0 Å². The molecular weight excluding hydrogens is 459 g/mol. The third-order valence-corrected chi connectivity index (χ3v) is 4.79. The van der Waals surface area contributed by atoms with Crippen molar-refractivity contribution in [1.29, 1.82) is 0 Å². The SMILES string of the molecule is COC(=O)COc1ccc(C(=O)Nc2ccc(OC)c(NC(=O)c3cccc(F)c3)c2)cc1OC. The van der Waals surface area contributed by atoms with Gasteiger partial charge in [-0.3, -0.25) is 9.59 Å². The van der Waals surface area contributed by atoms with E-state index >= 15 is 0 Å². The number of methoxy groups -OCH3 is 3. The molecule has 0 atom stereocenters. The summed E-state index contributed by atoms with van der Waals surface area (Å²) in [7, 11) is 4.08. The maximum absolute atomic E-state index is 13.5. The molecule has 35 heavy (non-hydrogen) atoms. The van der Waals surface area contributed by atoms with E-state index in [1.807, 2.05) is 0 Å². The van der Waals surface area contributed by atoms with Crippen LogP contribution < -0.4 is 24.8 Å². The molecule has 10 heteroatoms. The zero-order valence-electron chi connectivity index (χ0n) is 19.2. The standard InChI is InChI=1S/C25H23FN2O7/c1-32-20-10-8-18(13-19(20)28-25(31)15-5-4-6-17(26)11-15)27-24(30)16-7-9-21(22(12-16)33-2)35-14-23(29)34-3/h4-13H,14H2,1-3H3,(H,27,30)(H,28,31). The predicted molar refractivity (Wildman–Crippen MR) is 126 cm³/mol. The second-order valence-electron chi connectivity index (χ2n) is 7.06. The largest absolute Gasteiger partial charge is 0.495 e. The number of carbonyl (C=O) groups is 3. The van der Waals surface area contributed by atoms with Crippen LogP contribution in [0.15, 0.2) is 60.7 Å². The molecule has 2 N–H and O–H groups in total. The van der Waals surface area contributed by atoms with Crippen LogP contribution in [0.25, 0.3) is 0 Å². The number of ether oxygens (including phenoxy) is 4. The van der Waals surface area contributed by atoms with E-state index in [-0.39, 0.29) is 34.9 Å². The van der Waals surface area contributed by atoms with Crippen molar-refractivity contribution >= 4 is 29.2 Å². The molecule has 3 aromatic rings. The van der Waals surface area contributed by atoms with Crippen molar-refractivity contribution in [3.8, 4) is 17.2 Å². The molecule has 0 bridgehead atoms. The van der Waals surface area contributed by atoms with E-state index in [0.29, 0.717) is 11.4 Å². The minimum atomic E-state index is -0.561. The maximum atomic E-state index is 13.5. The van der Waals surface area contributed by atoms with Crippen molar-refractivity contribution in [2.45, 2.75) is 0 Å². The fraction of sp³-hybridized carbons (Fsp3) is 0.160. The highest BCUT2D eigenvalue weighted by Gasteiger charge is 2.15. The first kappa shape index (κ1) is 25.0. The molecular formula is C25H23FN2O7. The number of amides is 2. The van der Waals surface area contributed by atoms with Crippen molar-refractivity contribution in [3.05, 3.63) is 77.6 Å². The van der Waals surface area contributed by atoms with Gasteiger partial charge >= 0.3 is 5.97 Å². The average Bonchev–Trinajstić information content (AvgIpc) is 2.87. The zero-order valence-corrected chi connectivity index (χ0v) is 19.2. The molecule has 0 heterocycles. The first-order valence-corrected chi connectivity index (χ1v) is 10.3. The monoisotopic (exact) mass is 482 g/mol. The molecule has 0 fully saturated rings. The van der Waals surface area contributed by atoms with Crippen LogP contribution in [-0.4, -0.2) is 45.7 Å². The van der Waals surface area contributed by atoms with E-state index in [1.54, 1.807) is 12.1 Å². The molecule has 0 unspecified atom stereocenters. The molecule has 2 amide bonds. The van der Waals surface area contributed by atoms with Gasteiger partial charge in [0.1, 0.15) is 11.6 Å². The van der Waals surface area contributed by atoms with Crippen molar-refractivity contribution in [2.24, 2.45) is 0 Å². The highest BCUT2D eigenvalue weighted by Crippen LogP contribution is 2.30. The zero-order chi connectivity index (χ0) is 25.4. The van der Waals surface area contributed by atoms with Crippen LogP contribution in [0.1, 0.15) is 20.7 Å². The van der Waals surface area contributed by atoms with Gasteiger partial charge in [-0.2, -0.15) is 0 Å². The van der Waals surface area contributed by atoms with Crippen molar-refractivity contribution in [2.75, 3.05) is 38.6 Å². The van der Waals surface area contributed by atoms with Gasteiger partial charge in [-0.25, -0.2) is 9.18 Å². The molecule has 9 nitrogen and oxygen atoms in total. The van der Waals surface area contributed by atoms with Crippen LogP contribution in [0.2, 0.25) is 0 Å². The first-order chi connectivity index (χ1) is 16.8. The minimum absolute atomic E-state index is 0.128. The normalized spacial score (nSPS) is 10.2. The Hall–Kier alpha value is -4.60. The Morgan fingerprint density at radius 1 is 0.771 bits per heavy atom. The van der Waals surface area contributed by atoms with Crippen LogP contribution >= 0.6 is 0 Å². The molecule has 3 aromatic carbocycles. The molecule has 3 rings (SSSR count). The van der Waals surface area contributed by atoms with Crippen LogP contribution in [0, 0.1) is 5.82 Å². The average molecular weight is 482 g/mol. The third-order valence-electron chi connectivity index (χ3n) is 4.79. The number of hydrogen-bond donors (Lipinski definition) is 2. The number of esters is 1. The fourth-order valence-corrected chi connectivity index (χ4v) is 3.03. The summed E-state index contributed by atoms with van der Waals surface area (Å²) in [5, 5.41) is 5.38. The van der Waals surface area contributed by atoms with Crippen molar-refractivity contribution in [3.63, 3.8) is 0 Å². The van der Waals surface area contributed by atoms with Crippen molar-refractivity contribution in [1.82, 2.24) is 0 Å². The molecule has 0 saturated carbocycles. The lowest BCUT2D eigenvalue weighted by Crippen LogP contribution is -2.15. The molecule has 0 aromatic heterocycles. The van der Waals surface area contributed by atoms with Crippen LogP contribution in [0.3, 0.4) is 0 Å². The lowest BCUT2D eigenvalue weighted by atomic mass is 10.1. The van der Waals surface area contributed by atoms with E-state index in [4.69, 9.17) is 14.2 Å². The lowest BCUT2D eigenvalue weighted by Gasteiger charge is -2.14. The summed E-state index contributed by atoms with van der Waals surface area (Å²) in [6.45, 7) is -0.311. The van der Waals surface area contributed by atoms with Crippen LogP contribution in [-0.2, 0) is 9.53 Å². The topological polar surface area (TPSA) is 112 Å². The summed E-state index contributed by atoms with van der Waals surface area (Å²) in [6, 6.07) is 14.4. The maximum Gasteiger partial charge on any atom is 0.343 e. The number of nitrogens with one attached hydrogen (secondary N) is 2. The van der Waals surface area contributed by atoms with Gasteiger partial charge in [0.25, 0.3) is 11.8 Å². The highest BCUT2D eigenvalue weighted by atomic mass is 19.1. The second kappa shape index (κ2) is 11.5. The van der Waals surface area contributed by atoms with E-state index in [9.17, 15) is 18.8 Å². The number of carbonyl (C=O) groups excluding carboxylic acids is 3. The summed E-state index contributed by atoms with van der Waals surface area (Å²) >= 11 is 0. The summed E-state index contributed by atoms with van der Waals surface area (Å²) < 4.78 is 33.9. The summed E-state index contributed by atoms with van der Waals surface area (Å²) in [5.41, 5.74) is 1.04. The first-order valence-electron chi connectivity index (χ1n) is 10.3. The van der Waals surface area contributed by atoms with Gasteiger partial charge < -0.3 is 29.6 Å². The van der Waals surface area contributed by atoms with Gasteiger partial charge in [0.15, 0.2) is 18.1 Å². The second-order valence-corrected chi connectivity index (χ2v) is 7.06. The van der Waals surface area contributed by atoms with E-state index in [2.05, 4.69) is 15.4 Å². The quantitative estimate of drug-likeness (QED) is 0.445. The van der Waals surface area contributed by atoms with Crippen molar-refractivity contribution < 1.29 is 37.7 Å². The van der Waals surface area contributed by atoms with E-state index in [1.165, 1.54) is 63.8 Å². The third kappa shape index (κ3) is 6.47. The molecule has 0 aliphatic carbocycles. The van der Waals surface area contributed by atoms with E-state index < -0.39 is 23.6 Å². The summed E-state index contributed by atoms with van der Waals surface area (Å²) in [5.74, 6) is -1.24. The number of rotatable bonds is 9. The van der Waals surface area contributed by atoms with Crippen LogP contribution in [0.4, 0.5) is 15.8 Å². The Kier molecular flexibility index (Phi) is 8.23. The van der Waals surface area contributed by atoms with Gasteiger partial charge in [-0.05, 0) is 54.6 Å². The predicted octanol–water partition coefficient (Wildman–Crippen LogP) is 3.90. The summed E-state index contributed by atoms with van der Waals surface area (Å²) in [4.78, 5) is 36.6. The minimum Gasteiger partial charge on any atom is -0.495 e. The molecule has 0 aliphatic rings. The Balaban J connectivity index is 1.76. The number of anilines is 2. The fourth-order valence-electron chi connectivity index (χ4n) is 3.03. The van der Waals surface area contributed by atoms with Crippen LogP contribution in [0.5, 0.6) is 17.2 Å². The Bertz CT molecular complexity index is 1250. The van der Waals surface area contributed by atoms with E-state index in [0.717, 1.165) is 6.07 Å². The Labute approximate surface area is 200 Å². The highest BCUT2D eigenvalue weighted by molar-refractivity contribution is 6.07. The molecule has 0 spiro atoms. The lowest BCUT2D eigenvalue weighted by molar-refractivity contribution is -0.142. The summed E-state index contributed by atoms with van der Waals surface area (Å²) in [6.07, 6.45) is 0. The number of halogens is 1. The Morgan fingerprint density at radius 3 is 2.14 bits per heavy atom. The van der Waals surface area contributed by atoms with Gasteiger partial charge in [0, 0.05) is 16.8 Å². The molecule has 182 valence electrons. The molecule has 0 saturated heterocycles. The molecule has 0 radical (unpaired) electrons. The van der Waals surface area contributed by atoms with Gasteiger partial charge in [0.2, 0.25) is 0 Å². The number of hydrogen-bond acceptors (Lipinski definition) is 7.